The number of carbonyl (C=O) groups is 1. The van der Waals surface area contributed by atoms with E-state index in [1.54, 1.807) is 41.1 Å². The number of aliphatic hydroxyl groups excluding tert-OH is 1. The van der Waals surface area contributed by atoms with Gasteiger partial charge < -0.3 is 15.7 Å². The molecule has 0 bridgehead atoms. The highest BCUT2D eigenvalue weighted by Gasteiger charge is 2.14. The summed E-state index contributed by atoms with van der Waals surface area (Å²) in [7, 11) is 1.37. The maximum Gasteiger partial charge on any atom is 0.276 e. The van der Waals surface area contributed by atoms with Crippen molar-refractivity contribution < 1.29 is 14.7 Å². The fourth-order valence-corrected chi connectivity index (χ4v) is 2.98. The van der Waals surface area contributed by atoms with Crippen molar-refractivity contribution >= 4 is 40.5 Å². The third kappa shape index (κ3) is 4.88. The zero-order valence-electron chi connectivity index (χ0n) is 16.8. The molecule has 158 valence electrons. The van der Waals surface area contributed by atoms with Gasteiger partial charge in [0.15, 0.2) is 0 Å². The quantitative estimate of drug-likeness (QED) is 0.402. The standard InChI is InChI=1S/C20H23ClN6O3/c1-12(2)27-19(8-13(11-28)25-27)24-18-9-17(15(21)10-22-18)23-16-7-5-4-6-14(16)20(29)26-30-3/h4-10,12,28H,11H2,1-3H3,(H,26,29)(H2,22,23,24). The van der Waals surface area contributed by atoms with Crippen LogP contribution in [-0.4, -0.2) is 32.9 Å². The number of carbonyl (C=O) groups excluding carboxylic acids is 1. The van der Waals surface area contributed by atoms with E-state index in [9.17, 15) is 9.90 Å². The number of benzene rings is 1. The van der Waals surface area contributed by atoms with Crippen LogP contribution < -0.4 is 16.1 Å². The van der Waals surface area contributed by atoms with Crippen LogP contribution in [0.2, 0.25) is 5.02 Å². The van der Waals surface area contributed by atoms with Gasteiger partial charge in [0.2, 0.25) is 0 Å². The average molecular weight is 431 g/mol. The first-order valence-electron chi connectivity index (χ1n) is 9.24. The first-order chi connectivity index (χ1) is 14.4. The number of hydrogen-bond acceptors (Lipinski definition) is 7. The number of rotatable bonds is 8. The number of hydrogen-bond donors (Lipinski definition) is 4. The van der Waals surface area contributed by atoms with E-state index in [1.165, 1.54) is 13.3 Å². The lowest BCUT2D eigenvalue weighted by atomic mass is 10.1. The monoisotopic (exact) mass is 430 g/mol. The lowest BCUT2D eigenvalue weighted by Gasteiger charge is -2.15. The predicted molar refractivity (Wildman–Crippen MR) is 115 cm³/mol. The van der Waals surface area contributed by atoms with Crippen LogP contribution in [0, 0.1) is 0 Å². The van der Waals surface area contributed by atoms with Crippen LogP contribution in [0.15, 0.2) is 42.6 Å². The van der Waals surface area contributed by atoms with Gasteiger partial charge in [-0.25, -0.2) is 15.1 Å². The summed E-state index contributed by atoms with van der Waals surface area (Å²) in [6, 6.07) is 10.6. The number of hydroxylamine groups is 1. The van der Waals surface area contributed by atoms with E-state index in [2.05, 4.69) is 26.2 Å². The lowest BCUT2D eigenvalue weighted by Crippen LogP contribution is -2.22. The molecule has 1 aromatic carbocycles. The summed E-state index contributed by atoms with van der Waals surface area (Å²) in [4.78, 5) is 21.2. The highest BCUT2D eigenvalue weighted by atomic mass is 35.5. The molecule has 1 amide bonds. The number of nitrogens with zero attached hydrogens (tertiary/aromatic N) is 3. The van der Waals surface area contributed by atoms with Gasteiger partial charge in [-0.1, -0.05) is 23.7 Å². The summed E-state index contributed by atoms with van der Waals surface area (Å²) in [6.45, 7) is 3.82. The number of pyridine rings is 1. The maximum atomic E-state index is 12.2. The molecule has 0 aliphatic heterocycles. The Bertz CT molecular complexity index is 1040. The topological polar surface area (TPSA) is 113 Å². The third-order valence-electron chi connectivity index (χ3n) is 4.18. The van der Waals surface area contributed by atoms with Crippen molar-refractivity contribution in [2.24, 2.45) is 0 Å². The molecule has 9 nitrogen and oxygen atoms in total. The number of anilines is 4. The molecule has 0 atom stereocenters. The van der Waals surface area contributed by atoms with Crippen molar-refractivity contribution in [1.82, 2.24) is 20.2 Å². The van der Waals surface area contributed by atoms with Crippen LogP contribution in [0.5, 0.6) is 0 Å². The summed E-state index contributed by atoms with van der Waals surface area (Å²) in [6.07, 6.45) is 1.51. The molecule has 0 aliphatic rings. The van der Waals surface area contributed by atoms with Gasteiger partial charge in [-0.3, -0.25) is 9.63 Å². The molecule has 3 rings (SSSR count). The molecular weight excluding hydrogens is 408 g/mol. The number of halogens is 1. The largest absolute Gasteiger partial charge is 0.390 e. The fourth-order valence-electron chi connectivity index (χ4n) is 2.83. The minimum Gasteiger partial charge on any atom is -0.390 e. The zero-order chi connectivity index (χ0) is 21.7. The van der Waals surface area contributed by atoms with Crippen molar-refractivity contribution in [2.45, 2.75) is 26.5 Å². The van der Waals surface area contributed by atoms with Gasteiger partial charge in [-0.15, -0.1) is 0 Å². The molecule has 0 radical (unpaired) electrons. The van der Waals surface area contributed by atoms with Gasteiger partial charge >= 0.3 is 0 Å². The summed E-state index contributed by atoms with van der Waals surface area (Å²) in [5.74, 6) is 0.822. The van der Waals surface area contributed by atoms with Gasteiger partial charge in [0.25, 0.3) is 5.91 Å². The Hall–Kier alpha value is -3.14. The number of nitrogens with one attached hydrogen (secondary N) is 3. The molecule has 0 fully saturated rings. The Balaban J connectivity index is 1.89. The Morgan fingerprint density at radius 1 is 1.23 bits per heavy atom. The molecule has 4 N–H and O–H groups in total. The van der Waals surface area contributed by atoms with Gasteiger partial charge in [-0.05, 0) is 26.0 Å². The normalized spacial score (nSPS) is 10.9. The van der Waals surface area contributed by atoms with Gasteiger partial charge in [0, 0.05) is 18.2 Å². The fraction of sp³-hybridized carbons (Fsp3) is 0.250. The SMILES string of the molecule is CONC(=O)c1ccccc1Nc1cc(Nc2cc(CO)nn2C(C)C)ncc1Cl. The van der Waals surface area contributed by atoms with Crippen LogP contribution in [0.3, 0.4) is 0 Å². The van der Waals surface area contributed by atoms with Crippen LogP contribution in [0.4, 0.5) is 23.0 Å². The van der Waals surface area contributed by atoms with E-state index < -0.39 is 0 Å². The van der Waals surface area contributed by atoms with Crippen molar-refractivity contribution in [3.63, 3.8) is 0 Å². The molecule has 30 heavy (non-hydrogen) atoms. The average Bonchev–Trinajstić information content (AvgIpc) is 3.14. The molecule has 0 spiro atoms. The Morgan fingerprint density at radius 2 is 2.00 bits per heavy atom. The molecule has 0 saturated heterocycles. The van der Waals surface area contributed by atoms with E-state index in [4.69, 9.17) is 16.4 Å². The third-order valence-corrected chi connectivity index (χ3v) is 4.49. The lowest BCUT2D eigenvalue weighted by molar-refractivity contribution is 0.0538. The minimum atomic E-state index is -0.388. The van der Waals surface area contributed by atoms with Crippen molar-refractivity contribution in [2.75, 3.05) is 17.7 Å². The molecule has 2 aromatic heterocycles. The molecule has 2 heterocycles. The van der Waals surface area contributed by atoms with Crippen LogP contribution in [0.25, 0.3) is 0 Å². The summed E-state index contributed by atoms with van der Waals surface area (Å²) < 4.78 is 1.76. The minimum absolute atomic E-state index is 0.0869. The summed E-state index contributed by atoms with van der Waals surface area (Å²) >= 11 is 6.32. The van der Waals surface area contributed by atoms with Crippen molar-refractivity contribution in [3.05, 3.63) is 58.9 Å². The van der Waals surface area contributed by atoms with Crippen LogP contribution in [-0.2, 0) is 11.4 Å². The predicted octanol–water partition coefficient (Wildman–Crippen LogP) is 3.78. The van der Waals surface area contributed by atoms with Gasteiger partial charge in [0.1, 0.15) is 11.6 Å². The highest BCUT2D eigenvalue weighted by molar-refractivity contribution is 6.33. The number of amides is 1. The summed E-state index contributed by atoms with van der Waals surface area (Å²) in [5.41, 5.74) is 4.37. The van der Waals surface area contributed by atoms with E-state index in [-0.39, 0.29) is 18.6 Å². The van der Waals surface area contributed by atoms with Gasteiger partial charge in [0.05, 0.1) is 47.6 Å². The van der Waals surface area contributed by atoms with E-state index in [0.717, 1.165) is 0 Å². The van der Waals surface area contributed by atoms with Crippen molar-refractivity contribution in [1.29, 1.82) is 0 Å². The molecule has 10 heteroatoms. The first-order valence-corrected chi connectivity index (χ1v) is 9.62. The summed E-state index contributed by atoms with van der Waals surface area (Å²) in [5, 5.41) is 20.5. The second kappa shape index (κ2) is 9.57. The Labute approximate surface area is 179 Å². The second-order valence-electron chi connectivity index (χ2n) is 6.70. The Kier molecular flexibility index (Phi) is 6.88. The van der Waals surface area contributed by atoms with E-state index >= 15 is 0 Å². The second-order valence-corrected chi connectivity index (χ2v) is 7.10. The molecular formula is C20H23ClN6O3. The molecule has 0 unspecified atom stereocenters. The van der Waals surface area contributed by atoms with E-state index in [0.29, 0.717) is 39.3 Å². The maximum absolute atomic E-state index is 12.2. The molecule has 0 aliphatic carbocycles. The number of para-hydroxylation sites is 1. The van der Waals surface area contributed by atoms with E-state index in [1.807, 2.05) is 13.8 Å². The Morgan fingerprint density at radius 3 is 2.70 bits per heavy atom. The zero-order valence-corrected chi connectivity index (χ0v) is 17.6. The smallest absolute Gasteiger partial charge is 0.276 e. The molecule has 0 saturated carbocycles. The molecule has 3 aromatic rings. The highest BCUT2D eigenvalue weighted by Crippen LogP contribution is 2.30. The number of aromatic nitrogens is 3. The van der Waals surface area contributed by atoms with Gasteiger partial charge in [-0.2, -0.15) is 5.10 Å². The van der Waals surface area contributed by atoms with Crippen LogP contribution >= 0.6 is 11.6 Å². The van der Waals surface area contributed by atoms with Crippen molar-refractivity contribution in [3.8, 4) is 0 Å². The van der Waals surface area contributed by atoms with Crippen LogP contribution in [0.1, 0.15) is 35.9 Å². The number of aliphatic hydroxyl groups is 1. The first kappa shape index (κ1) is 21.6.